The topological polar surface area (TPSA) is 32.3 Å². The first kappa shape index (κ1) is 8.73. The highest BCUT2D eigenvalue weighted by molar-refractivity contribution is 5.17. The van der Waals surface area contributed by atoms with Crippen LogP contribution in [0, 0.1) is 0 Å². The molecule has 2 nitrogen and oxygen atoms in total. The summed E-state index contributed by atoms with van der Waals surface area (Å²) in [5.41, 5.74) is 0.704. The standard InChI is InChI=1S/C11H15NO/c13-11(6-7-12-9-11)8-10-4-2-1-3-5-10/h1-5,12-13H,6-9H2/t11-/m0/s1. The predicted molar refractivity (Wildman–Crippen MR) is 52.6 cm³/mol. The van der Waals surface area contributed by atoms with Crippen molar-refractivity contribution in [3.63, 3.8) is 0 Å². The average Bonchev–Trinajstić information content (AvgIpc) is 2.54. The van der Waals surface area contributed by atoms with E-state index in [0.717, 1.165) is 25.9 Å². The Morgan fingerprint density at radius 3 is 2.69 bits per heavy atom. The molecular formula is C11H15NO. The van der Waals surface area contributed by atoms with Gasteiger partial charge in [-0.1, -0.05) is 30.3 Å². The van der Waals surface area contributed by atoms with Gasteiger partial charge >= 0.3 is 0 Å². The van der Waals surface area contributed by atoms with Gasteiger partial charge in [-0.25, -0.2) is 0 Å². The van der Waals surface area contributed by atoms with Crippen LogP contribution in [-0.4, -0.2) is 23.8 Å². The highest BCUT2D eigenvalue weighted by atomic mass is 16.3. The summed E-state index contributed by atoms with van der Waals surface area (Å²) in [4.78, 5) is 0. The molecule has 0 bridgehead atoms. The lowest BCUT2D eigenvalue weighted by molar-refractivity contribution is 0.0619. The van der Waals surface area contributed by atoms with Crippen LogP contribution in [0.1, 0.15) is 12.0 Å². The van der Waals surface area contributed by atoms with Crippen molar-refractivity contribution in [1.82, 2.24) is 5.32 Å². The highest BCUT2D eigenvalue weighted by Crippen LogP contribution is 2.19. The summed E-state index contributed by atoms with van der Waals surface area (Å²) in [6, 6.07) is 10.2. The van der Waals surface area contributed by atoms with Gasteiger partial charge in [0.15, 0.2) is 0 Å². The maximum atomic E-state index is 10.1. The molecule has 1 heterocycles. The molecule has 1 aliphatic heterocycles. The van der Waals surface area contributed by atoms with Crippen molar-refractivity contribution < 1.29 is 5.11 Å². The third-order valence-electron chi connectivity index (χ3n) is 2.60. The highest BCUT2D eigenvalue weighted by Gasteiger charge is 2.30. The molecule has 1 aliphatic rings. The van der Waals surface area contributed by atoms with Crippen LogP contribution in [0.2, 0.25) is 0 Å². The largest absolute Gasteiger partial charge is 0.388 e. The molecule has 2 N–H and O–H groups in total. The molecule has 13 heavy (non-hydrogen) atoms. The van der Waals surface area contributed by atoms with Gasteiger partial charge in [0, 0.05) is 13.0 Å². The molecule has 0 aromatic heterocycles. The maximum absolute atomic E-state index is 10.1. The van der Waals surface area contributed by atoms with Gasteiger partial charge < -0.3 is 10.4 Å². The molecule has 1 aromatic carbocycles. The van der Waals surface area contributed by atoms with Crippen LogP contribution in [0.25, 0.3) is 0 Å². The molecule has 0 aliphatic carbocycles. The van der Waals surface area contributed by atoms with E-state index in [0.29, 0.717) is 0 Å². The van der Waals surface area contributed by atoms with Crippen molar-refractivity contribution >= 4 is 0 Å². The normalized spacial score (nSPS) is 27.8. The summed E-state index contributed by atoms with van der Waals surface area (Å²) in [5.74, 6) is 0. The maximum Gasteiger partial charge on any atom is 0.0823 e. The first-order valence-electron chi connectivity index (χ1n) is 4.76. The molecule has 1 aromatic rings. The minimum atomic E-state index is -0.513. The predicted octanol–water partition coefficient (Wildman–Crippen LogP) is 0.953. The van der Waals surface area contributed by atoms with E-state index in [1.54, 1.807) is 0 Å². The lowest BCUT2D eigenvalue weighted by Crippen LogP contribution is -2.33. The number of benzene rings is 1. The third kappa shape index (κ3) is 2.08. The number of hydrogen-bond acceptors (Lipinski definition) is 2. The van der Waals surface area contributed by atoms with E-state index in [2.05, 4.69) is 17.4 Å². The molecule has 1 atom stereocenters. The molecule has 2 rings (SSSR count). The average molecular weight is 177 g/mol. The quantitative estimate of drug-likeness (QED) is 0.705. The van der Waals surface area contributed by atoms with Crippen LogP contribution >= 0.6 is 0 Å². The second-order valence-corrected chi connectivity index (χ2v) is 3.81. The lowest BCUT2D eigenvalue weighted by atomic mass is 9.94. The Morgan fingerprint density at radius 1 is 1.31 bits per heavy atom. The SMILES string of the molecule is O[C@]1(Cc2ccccc2)CCNC1. The molecule has 0 unspecified atom stereocenters. The van der Waals surface area contributed by atoms with Gasteiger partial charge in [0.05, 0.1) is 5.60 Å². The Kier molecular flexibility index (Phi) is 2.34. The van der Waals surface area contributed by atoms with Crippen LogP contribution in [0.3, 0.4) is 0 Å². The Balaban J connectivity index is 2.05. The summed E-state index contributed by atoms with van der Waals surface area (Å²) in [5, 5.41) is 13.3. The second-order valence-electron chi connectivity index (χ2n) is 3.81. The summed E-state index contributed by atoms with van der Waals surface area (Å²) in [7, 11) is 0. The van der Waals surface area contributed by atoms with Crippen molar-refractivity contribution in [3.8, 4) is 0 Å². The van der Waals surface area contributed by atoms with Crippen LogP contribution in [-0.2, 0) is 6.42 Å². The van der Waals surface area contributed by atoms with Crippen molar-refractivity contribution in [2.75, 3.05) is 13.1 Å². The van der Waals surface area contributed by atoms with Gasteiger partial charge in [-0.3, -0.25) is 0 Å². The van der Waals surface area contributed by atoms with Crippen molar-refractivity contribution in [2.24, 2.45) is 0 Å². The van der Waals surface area contributed by atoms with Crippen molar-refractivity contribution in [3.05, 3.63) is 35.9 Å². The van der Waals surface area contributed by atoms with Crippen molar-refractivity contribution in [2.45, 2.75) is 18.4 Å². The van der Waals surface area contributed by atoms with E-state index in [1.165, 1.54) is 5.56 Å². The van der Waals surface area contributed by atoms with Crippen LogP contribution in [0.15, 0.2) is 30.3 Å². The smallest absolute Gasteiger partial charge is 0.0823 e. The zero-order valence-electron chi connectivity index (χ0n) is 7.66. The van der Waals surface area contributed by atoms with Crippen LogP contribution < -0.4 is 5.32 Å². The molecule has 0 amide bonds. The van der Waals surface area contributed by atoms with E-state index in [1.807, 2.05) is 18.2 Å². The molecule has 0 radical (unpaired) electrons. The molecule has 70 valence electrons. The molecular weight excluding hydrogens is 162 g/mol. The van der Waals surface area contributed by atoms with Gasteiger partial charge in [-0.15, -0.1) is 0 Å². The monoisotopic (exact) mass is 177 g/mol. The number of β-amino-alcohol motifs (C(OH)–C–C–N with tert-alkyl or cyclic N) is 1. The Morgan fingerprint density at radius 2 is 2.08 bits per heavy atom. The van der Waals surface area contributed by atoms with E-state index < -0.39 is 5.60 Å². The van der Waals surface area contributed by atoms with Gasteiger partial charge in [0.1, 0.15) is 0 Å². The Labute approximate surface area is 78.6 Å². The summed E-state index contributed by atoms with van der Waals surface area (Å²) >= 11 is 0. The van der Waals surface area contributed by atoms with E-state index >= 15 is 0 Å². The van der Waals surface area contributed by atoms with Gasteiger partial charge in [0.2, 0.25) is 0 Å². The number of aliphatic hydroxyl groups is 1. The Hall–Kier alpha value is -0.860. The zero-order chi connectivity index (χ0) is 9.15. The van der Waals surface area contributed by atoms with Crippen LogP contribution in [0.4, 0.5) is 0 Å². The second kappa shape index (κ2) is 3.48. The van der Waals surface area contributed by atoms with Gasteiger partial charge in [-0.2, -0.15) is 0 Å². The van der Waals surface area contributed by atoms with Gasteiger partial charge in [0.25, 0.3) is 0 Å². The number of hydrogen-bond donors (Lipinski definition) is 2. The van der Waals surface area contributed by atoms with Crippen molar-refractivity contribution in [1.29, 1.82) is 0 Å². The summed E-state index contributed by atoms with van der Waals surface area (Å²) in [6.07, 6.45) is 1.63. The minimum absolute atomic E-state index is 0.513. The number of nitrogens with one attached hydrogen (secondary N) is 1. The molecule has 0 spiro atoms. The molecule has 0 saturated carbocycles. The van der Waals surface area contributed by atoms with E-state index in [4.69, 9.17) is 0 Å². The van der Waals surface area contributed by atoms with Crippen LogP contribution in [0.5, 0.6) is 0 Å². The molecule has 2 heteroatoms. The Bertz CT molecular complexity index is 265. The third-order valence-corrected chi connectivity index (χ3v) is 2.60. The fourth-order valence-electron chi connectivity index (χ4n) is 1.86. The molecule has 1 saturated heterocycles. The molecule has 1 fully saturated rings. The fraction of sp³-hybridized carbons (Fsp3) is 0.455. The van der Waals surface area contributed by atoms with E-state index in [-0.39, 0.29) is 0 Å². The fourth-order valence-corrected chi connectivity index (χ4v) is 1.86. The first-order chi connectivity index (χ1) is 6.29. The lowest BCUT2D eigenvalue weighted by Gasteiger charge is -2.20. The summed E-state index contributed by atoms with van der Waals surface area (Å²) < 4.78 is 0. The van der Waals surface area contributed by atoms with Gasteiger partial charge in [-0.05, 0) is 18.5 Å². The summed E-state index contributed by atoms with van der Waals surface area (Å²) in [6.45, 7) is 1.66. The number of rotatable bonds is 2. The first-order valence-corrected chi connectivity index (χ1v) is 4.76. The van der Waals surface area contributed by atoms with E-state index in [9.17, 15) is 5.11 Å². The zero-order valence-corrected chi connectivity index (χ0v) is 7.66. The minimum Gasteiger partial charge on any atom is -0.388 e.